The molecule has 2 nitrogen and oxygen atoms in total. The Hall–Kier alpha value is -1.70. The first-order chi connectivity index (χ1) is 12.8. The van der Waals surface area contributed by atoms with Crippen LogP contribution >= 0.6 is 34.4 Å². The van der Waals surface area contributed by atoms with Crippen molar-refractivity contribution >= 4 is 45.4 Å². The van der Waals surface area contributed by atoms with Gasteiger partial charge in [0.2, 0.25) is 0 Å². The number of aryl methyl sites for hydroxylation is 2. The van der Waals surface area contributed by atoms with Crippen LogP contribution in [0.4, 0.5) is 8.78 Å². The molecule has 0 fully saturated rings. The molecule has 3 aromatic heterocycles. The van der Waals surface area contributed by atoms with Crippen molar-refractivity contribution in [1.82, 2.24) is 8.75 Å². The SMILES string of the molecule is Cc1cc2c(s1)-c1sc(-c3c(F)c(F)c(C)c4nsnc34)cc1CC2(C)C. The lowest BCUT2D eigenvalue weighted by Gasteiger charge is -2.29. The van der Waals surface area contributed by atoms with Crippen LogP contribution in [0, 0.1) is 25.5 Å². The van der Waals surface area contributed by atoms with Crippen LogP contribution in [0.2, 0.25) is 0 Å². The van der Waals surface area contributed by atoms with E-state index in [1.807, 2.05) is 6.07 Å². The standard InChI is InChI=1S/C20H16F2N2S3/c1-8-5-11-19(25-8)18-10(7-20(11,3)4)6-12(26-18)13-15(22)14(21)9(2)16-17(13)24-27-23-16/h5-6H,7H2,1-4H3. The Bertz CT molecular complexity index is 1230. The normalized spacial score (nSPS) is 15.2. The minimum Gasteiger partial charge on any atom is -0.203 e. The summed E-state index contributed by atoms with van der Waals surface area (Å²) < 4.78 is 37.9. The van der Waals surface area contributed by atoms with Gasteiger partial charge in [-0.3, -0.25) is 0 Å². The molecule has 1 aliphatic carbocycles. The van der Waals surface area contributed by atoms with Gasteiger partial charge in [-0.1, -0.05) is 13.8 Å². The maximum atomic E-state index is 14.9. The van der Waals surface area contributed by atoms with Crippen molar-refractivity contribution in [3.05, 3.63) is 45.3 Å². The summed E-state index contributed by atoms with van der Waals surface area (Å²) in [6.45, 7) is 8.15. The highest BCUT2D eigenvalue weighted by atomic mass is 32.1. The van der Waals surface area contributed by atoms with E-state index in [1.54, 1.807) is 18.3 Å². The van der Waals surface area contributed by atoms with Crippen LogP contribution in [0.5, 0.6) is 0 Å². The van der Waals surface area contributed by atoms with Crippen LogP contribution in [-0.4, -0.2) is 8.75 Å². The fourth-order valence-electron chi connectivity index (χ4n) is 3.94. The minimum absolute atomic E-state index is 0.0278. The van der Waals surface area contributed by atoms with Gasteiger partial charge in [-0.15, -0.1) is 22.7 Å². The van der Waals surface area contributed by atoms with E-state index < -0.39 is 11.6 Å². The van der Waals surface area contributed by atoms with Gasteiger partial charge in [-0.05, 0) is 48.9 Å². The summed E-state index contributed by atoms with van der Waals surface area (Å²) in [5, 5.41) is 0. The van der Waals surface area contributed by atoms with Crippen LogP contribution in [-0.2, 0) is 11.8 Å². The number of hydrogen-bond donors (Lipinski definition) is 0. The Balaban J connectivity index is 1.79. The maximum Gasteiger partial charge on any atom is 0.170 e. The summed E-state index contributed by atoms with van der Waals surface area (Å²) in [4.78, 5) is 4.43. The van der Waals surface area contributed by atoms with Gasteiger partial charge in [-0.25, -0.2) is 8.78 Å². The number of nitrogens with zero attached hydrogens (tertiary/aromatic N) is 2. The van der Waals surface area contributed by atoms with Gasteiger partial charge < -0.3 is 0 Å². The van der Waals surface area contributed by atoms with Crippen LogP contribution < -0.4 is 0 Å². The van der Waals surface area contributed by atoms with E-state index >= 15 is 0 Å². The lowest BCUT2D eigenvalue weighted by atomic mass is 9.75. The van der Waals surface area contributed by atoms with Crippen molar-refractivity contribution in [3.63, 3.8) is 0 Å². The van der Waals surface area contributed by atoms with E-state index in [1.165, 1.54) is 37.1 Å². The van der Waals surface area contributed by atoms with Gasteiger partial charge in [0, 0.05) is 25.1 Å². The predicted molar refractivity (Wildman–Crippen MR) is 110 cm³/mol. The molecule has 3 heterocycles. The maximum absolute atomic E-state index is 14.9. The van der Waals surface area contributed by atoms with Crippen molar-refractivity contribution in [2.75, 3.05) is 0 Å². The molecule has 0 spiro atoms. The van der Waals surface area contributed by atoms with Gasteiger partial charge in [0.1, 0.15) is 11.0 Å². The largest absolute Gasteiger partial charge is 0.203 e. The third-order valence-corrected chi connectivity index (χ3v) is 8.24. The second kappa shape index (κ2) is 5.65. The Labute approximate surface area is 167 Å². The van der Waals surface area contributed by atoms with Crippen molar-refractivity contribution in [1.29, 1.82) is 0 Å². The van der Waals surface area contributed by atoms with E-state index in [0.717, 1.165) is 23.0 Å². The number of aromatic nitrogens is 2. The van der Waals surface area contributed by atoms with Crippen molar-refractivity contribution in [2.24, 2.45) is 0 Å². The number of fused-ring (bicyclic) bond motifs is 4. The third kappa shape index (κ3) is 2.38. The quantitative estimate of drug-likeness (QED) is 0.337. The summed E-state index contributed by atoms with van der Waals surface area (Å²) in [5.74, 6) is -1.65. The lowest BCUT2D eigenvalue weighted by Crippen LogP contribution is -2.23. The highest BCUT2D eigenvalue weighted by molar-refractivity contribution is 7.24. The van der Waals surface area contributed by atoms with E-state index in [0.29, 0.717) is 11.0 Å². The molecular weight excluding hydrogens is 402 g/mol. The fraction of sp³-hybridized carbons (Fsp3) is 0.300. The second-order valence-electron chi connectivity index (χ2n) is 7.71. The first-order valence-corrected chi connectivity index (χ1v) is 11.0. The third-order valence-electron chi connectivity index (χ3n) is 5.30. The van der Waals surface area contributed by atoms with Crippen LogP contribution in [0.15, 0.2) is 12.1 Å². The monoisotopic (exact) mass is 418 g/mol. The van der Waals surface area contributed by atoms with E-state index in [2.05, 4.69) is 35.6 Å². The fourth-order valence-corrected chi connectivity index (χ4v) is 7.14. The first-order valence-electron chi connectivity index (χ1n) is 8.62. The average Bonchev–Trinajstić information content (AvgIpc) is 3.31. The van der Waals surface area contributed by atoms with Gasteiger partial charge in [0.25, 0.3) is 0 Å². The van der Waals surface area contributed by atoms with Crippen LogP contribution in [0.3, 0.4) is 0 Å². The molecule has 0 saturated carbocycles. The topological polar surface area (TPSA) is 25.8 Å². The Kier molecular flexibility index (Phi) is 3.64. The average molecular weight is 419 g/mol. The molecule has 1 aliphatic rings. The molecule has 0 atom stereocenters. The zero-order chi connectivity index (χ0) is 19.1. The second-order valence-corrected chi connectivity index (χ2v) is 10.6. The molecule has 0 saturated heterocycles. The highest BCUT2D eigenvalue weighted by Gasteiger charge is 2.35. The first kappa shape index (κ1) is 17.4. The van der Waals surface area contributed by atoms with Crippen LogP contribution in [0.25, 0.3) is 31.2 Å². The Morgan fingerprint density at radius 2 is 1.70 bits per heavy atom. The molecule has 27 heavy (non-hydrogen) atoms. The molecule has 5 rings (SSSR count). The summed E-state index contributed by atoms with van der Waals surface area (Å²) in [6, 6.07) is 4.28. The van der Waals surface area contributed by atoms with Crippen molar-refractivity contribution < 1.29 is 8.78 Å². The van der Waals surface area contributed by atoms with Crippen LogP contribution in [0.1, 0.15) is 35.4 Å². The zero-order valence-electron chi connectivity index (χ0n) is 15.2. The smallest absolute Gasteiger partial charge is 0.170 e. The molecule has 1 aromatic carbocycles. The highest BCUT2D eigenvalue weighted by Crippen LogP contribution is 2.52. The molecule has 0 unspecified atom stereocenters. The van der Waals surface area contributed by atoms with Gasteiger partial charge in [-0.2, -0.15) is 8.75 Å². The van der Waals surface area contributed by atoms with E-state index in [-0.39, 0.29) is 16.5 Å². The molecule has 7 heteroatoms. The number of thiophene rings is 2. The van der Waals surface area contributed by atoms with Gasteiger partial charge in [0.05, 0.1) is 17.3 Å². The lowest BCUT2D eigenvalue weighted by molar-refractivity contribution is 0.508. The molecule has 0 amide bonds. The Morgan fingerprint density at radius 1 is 0.963 bits per heavy atom. The summed E-state index contributed by atoms with van der Waals surface area (Å²) in [6.07, 6.45) is 0.885. The molecule has 0 aliphatic heterocycles. The molecular formula is C20H16F2N2S3. The summed E-state index contributed by atoms with van der Waals surface area (Å²) in [7, 11) is 0. The Morgan fingerprint density at radius 3 is 2.48 bits per heavy atom. The predicted octanol–water partition coefficient (Wildman–Crippen LogP) is 6.88. The number of halogens is 2. The number of benzene rings is 1. The van der Waals surface area contributed by atoms with Crippen molar-refractivity contribution in [2.45, 2.75) is 39.5 Å². The van der Waals surface area contributed by atoms with Crippen molar-refractivity contribution in [3.8, 4) is 20.2 Å². The number of hydrogen-bond acceptors (Lipinski definition) is 5. The zero-order valence-corrected chi connectivity index (χ0v) is 17.7. The number of rotatable bonds is 1. The summed E-state index contributed by atoms with van der Waals surface area (Å²) in [5.41, 5.74) is 3.95. The molecule has 4 aromatic rings. The molecule has 0 bridgehead atoms. The van der Waals surface area contributed by atoms with Gasteiger partial charge >= 0.3 is 0 Å². The van der Waals surface area contributed by atoms with E-state index in [9.17, 15) is 8.78 Å². The minimum atomic E-state index is -0.829. The molecule has 0 radical (unpaired) electrons. The summed E-state index contributed by atoms with van der Waals surface area (Å²) >= 11 is 4.30. The molecule has 138 valence electrons. The molecule has 0 N–H and O–H groups in total. The van der Waals surface area contributed by atoms with E-state index in [4.69, 9.17) is 0 Å². The van der Waals surface area contributed by atoms with Gasteiger partial charge in [0.15, 0.2) is 11.6 Å².